The summed E-state index contributed by atoms with van der Waals surface area (Å²) in [5.41, 5.74) is 5.78. The Morgan fingerprint density at radius 3 is 2.67 bits per heavy atom. The molecule has 82 valence electrons. The molecule has 0 radical (unpaired) electrons. The van der Waals surface area contributed by atoms with Crippen LogP contribution in [-0.2, 0) is 6.54 Å². The second kappa shape index (κ2) is 4.49. The van der Waals surface area contributed by atoms with Crippen molar-refractivity contribution >= 4 is 5.91 Å². The van der Waals surface area contributed by atoms with E-state index in [1.165, 1.54) is 25.9 Å². The normalized spacial score (nSPS) is 17.1. The van der Waals surface area contributed by atoms with Crippen molar-refractivity contribution in [1.29, 1.82) is 0 Å². The Balaban J connectivity index is 1.84. The first kappa shape index (κ1) is 10.2. The highest BCUT2D eigenvalue weighted by Crippen LogP contribution is 2.07. The fraction of sp³-hybridized carbons (Fsp3) is 0.545. The number of hydrogen-bond donors (Lipinski definition) is 1. The molecule has 0 aliphatic carbocycles. The summed E-state index contributed by atoms with van der Waals surface area (Å²) in [4.78, 5) is 13.3. The van der Waals surface area contributed by atoms with Crippen LogP contribution in [0.4, 0.5) is 0 Å². The van der Waals surface area contributed by atoms with Gasteiger partial charge in [0.15, 0.2) is 0 Å². The maximum absolute atomic E-state index is 10.9. The van der Waals surface area contributed by atoms with Gasteiger partial charge >= 0.3 is 0 Å². The molecule has 0 spiro atoms. The second-order valence-corrected chi connectivity index (χ2v) is 4.05. The summed E-state index contributed by atoms with van der Waals surface area (Å²) in [6.45, 7) is 4.42. The highest BCUT2D eigenvalue weighted by atomic mass is 16.1. The van der Waals surface area contributed by atoms with Crippen molar-refractivity contribution in [2.45, 2.75) is 19.4 Å². The van der Waals surface area contributed by atoms with Crippen LogP contribution in [0.5, 0.6) is 0 Å². The summed E-state index contributed by atoms with van der Waals surface area (Å²) < 4.78 is 2.03. The first-order valence-electron chi connectivity index (χ1n) is 5.43. The quantitative estimate of drug-likeness (QED) is 0.789. The van der Waals surface area contributed by atoms with Crippen LogP contribution in [0.3, 0.4) is 0 Å². The monoisotopic (exact) mass is 207 g/mol. The van der Waals surface area contributed by atoms with Gasteiger partial charge in [0.05, 0.1) is 5.56 Å². The Kier molecular flexibility index (Phi) is 3.06. The third kappa shape index (κ3) is 2.59. The van der Waals surface area contributed by atoms with Crippen molar-refractivity contribution in [2.24, 2.45) is 5.73 Å². The number of likely N-dealkylation sites (tertiary alicyclic amines) is 1. The first-order valence-corrected chi connectivity index (χ1v) is 5.43. The molecule has 1 saturated heterocycles. The molecule has 1 aliphatic rings. The van der Waals surface area contributed by atoms with Crippen molar-refractivity contribution in [1.82, 2.24) is 9.47 Å². The summed E-state index contributed by atoms with van der Waals surface area (Å²) in [6.07, 6.45) is 6.37. The summed E-state index contributed by atoms with van der Waals surface area (Å²) in [6, 6.07) is 1.77. The third-order valence-electron chi connectivity index (χ3n) is 2.91. The molecule has 2 rings (SSSR count). The topological polar surface area (TPSA) is 51.3 Å². The van der Waals surface area contributed by atoms with Crippen LogP contribution in [0.15, 0.2) is 18.5 Å². The Morgan fingerprint density at radius 2 is 2.07 bits per heavy atom. The van der Waals surface area contributed by atoms with Gasteiger partial charge in [-0.2, -0.15) is 0 Å². The predicted octanol–water partition coefficient (Wildman–Crippen LogP) is 0.683. The molecule has 0 aromatic carbocycles. The van der Waals surface area contributed by atoms with Crippen molar-refractivity contribution in [2.75, 3.05) is 19.6 Å². The number of nitrogens with two attached hydrogens (primary N) is 1. The lowest BCUT2D eigenvalue weighted by Crippen LogP contribution is -2.23. The standard InChI is InChI=1S/C11H17N3O/c12-11(15)10-3-6-14(9-10)8-7-13-4-1-2-5-13/h3,6,9H,1-2,4-5,7-8H2,(H2,12,15). The van der Waals surface area contributed by atoms with Crippen LogP contribution in [0.1, 0.15) is 23.2 Å². The van der Waals surface area contributed by atoms with E-state index in [-0.39, 0.29) is 5.91 Å². The molecule has 1 fully saturated rings. The number of hydrogen-bond acceptors (Lipinski definition) is 2. The van der Waals surface area contributed by atoms with Gasteiger partial charge in [0, 0.05) is 25.5 Å². The minimum atomic E-state index is -0.352. The van der Waals surface area contributed by atoms with Gasteiger partial charge in [-0.3, -0.25) is 4.79 Å². The van der Waals surface area contributed by atoms with E-state index in [1.54, 1.807) is 6.07 Å². The zero-order chi connectivity index (χ0) is 10.7. The maximum Gasteiger partial charge on any atom is 0.250 e. The lowest BCUT2D eigenvalue weighted by atomic mass is 10.3. The van der Waals surface area contributed by atoms with E-state index in [2.05, 4.69) is 4.90 Å². The lowest BCUT2D eigenvalue weighted by Gasteiger charge is -2.14. The number of carbonyl (C=O) groups excluding carboxylic acids is 1. The van der Waals surface area contributed by atoms with Gasteiger partial charge in [-0.1, -0.05) is 0 Å². The Labute approximate surface area is 89.7 Å². The number of nitrogens with zero attached hydrogens (tertiary/aromatic N) is 2. The van der Waals surface area contributed by atoms with Crippen molar-refractivity contribution in [3.05, 3.63) is 24.0 Å². The first-order chi connectivity index (χ1) is 7.25. The highest BCUT2D eigenvalue weighted by molar-refractivity contribution is 5.92. The van der Waals surface area contributed by atoms with E-state index in [9.17, 15) is 4.79 Å². The van der Waals surface area contributed by atoms with Crippen LogP contribution >= 0.6 is 0 Å². The molecule has 0 atom stereocenters. The molecule has 4 nitrogen and oxygen atoms in total. The zero-order valence-corrected chi connectivity index (χ0v) is 8.85. The minimum absolute atomic E-state index is 0.352. The van der Waals surface area contributed by atoms with Gasteiger partial charge in [0.1, 0.15) is 0 Å². The van der Waals surface area contributed by atoms with Crippen molar-refractivity contribution in [3.63, 3.8) is 0 Å². The number of primary amides is 1. The summed E-state index contributed by atoms with van der Waals surface area (Å²) >= 11 is 0. The molecule has 1 aliphatic heterocycles. The van der Waals surface area contributed by atoms with Crippen LogP contribution < -0.4 is 5.73 Å². The van der Waals surface area contributed by atoms with Crippen molar-refractivity contribution in [3.8, 4) is 0 Å². The fourth-order valence-corrected chi connectivity index (χ4v) is 1.99. The van der Waals surface area contributed by atoms with Gasteiger partial charge < -0.3 is 15.2 Å². The van der Waals surface area contributed by atoms with Gasteiger partial charge in [-0.25, -0.2) is 0 Å². The molecule has 1 aromatic heterocycles. The number of amides is 1. The smallest absolute Gasteiger partial charge is 0.250 e. The molecule has 0 saturated carbocycles. The Morgan fingerprint density at radius 1 is 1.33 bits per heavy atom. The lowest BCUT2D eigenvalue weighted by molar-refractivity contribution is 0.1000. The molecule has 1 aromatic rings. The summed E-state index contributed by atoms with van der Waals surface area (Å²) in [5.74, 6) is -0.352. The molecule has 1 amide bonds. The maximum atomic E-state index is 10.9. The average Bonchev–Trinajstić information content (AvgIpc) is 2.86. The van der Waals surface area contributed by atoms with Crippen LogP contribution in [-0.4, -0.2) is 35.0 Å². The Bertz CT molecular complexity index is 339. The largest absolute Gasteiger partial charge is 0.366 e. The summed E-state index contributed by atoms with van der Waals surface area (Å²) in [7, 11) is 0. The van der Waals surface area contributed by atoms with E-state index < -0.39 is 0 Å². The van der Waals surface area contributed by atoms with Crippen LogP contribution in [0.2, 0.25) is 0 Å². The van der Waals surface area contributed by atoms with Gasteiger partial charge in [-0.15, -0.1) is 0 Å². The highest BCUT2D eigenvalue weighted by Gasteiger charge is 2.10. The van der Waals surface area contributed by atoms with Crippen LogP contribution in [0, 0.1) is 0 Å². The fourth-order valence-electron chi connectivity index (χ4n) is 1.99. The van der Waals surface area contributed by atoms with E-state index in [1.807, 2.05) is 17.0 Å². The van der Waals surface area contributed by atoms with Gasteiger partial charge in [0.2, 0.25) is 5.91 Å². The molecule has 2 N–H and O–H groups in total. The zero-order valence-electron chi connectivity index (χ0n) is 8.85. The van der Waals surface area contributed by atoms with Crippen LogP contribution in [0.25, 0.3) is 0 Å². The van der Waals surface area contributed by atoms with E-state index in [0.29, 0.717) is 5.56 Å². The molecule has 15 heavy (non-hydrogen) atoms. The van der Waals surface area contributed by atoms with E-state index in [0.717, 1.165) is 13.1 Å². The SMILES string of the molecule is NC(=O)c1ccn(CCN2CCCC2)c1. The minimum Gasteiger partial charge on any atom is -0.366 e. The van der Waals surface area contributed by atoms with Gasteiger partial charge in [-0.05, 0) is 32.0 Å². The molecule has 4 heteroatoms. The van der Waals surface area contributed by atoms with Gasteiger partial charge in [0.25, 0.3) is 0 Å². The third-order valence-corrected chi connectivity index (χ3v) is 2.91. The average molecular weight is 207 g/mol. The number of carbonyl (C=O) groups is 1. The molecular weight excluding hydrogens is 190 g/mol. The van der Waals surface area contributed by atoms with E-state index >= 15 is 0 Å². The number of aromatic nitrogens is 1. The molecule has 0 unspecified atom stereocenters. The van der Waals surface area contributed by atoms with Crippen molar-refractivity contribution < 1.29 is 4.79 Å². The predicted molar refractivity (Wildman–Crippen MR) is 58.6 cm³/mol. The second-order valence-electron chi connectivity index (χ2n) is 4.05. The number of rotatable bonds is 4. The Hall–Kier alpha value is -1.29. The van der Waals surface area contributed by atoms with E-state index in [4.69, 9.17) is 5.73 Å². The summed E-state index contributed by atoms with van der Waals surface area (Å²) in [5, 5.41) is 0. The molecular formula is C11H17N3O. The molecule has 0 bridgehead atoms. The molecule has 2 heterocycles.